The topological polar surface area (TPSA) is 96.4 Å². The molecule has 1 aromatic rings. The highest BCUT2D eigenvalue weighted by Gasteiger charge is 2.13. The van der Waals surface area contributed by atoms with Crippen LogP contribution in [-0.4, -0.2) is 23.2 Å². The number of hydrogen-bond donors (Lipinski definition) is 1. The van der Waals surface area contributed by atoms with Crippen molar-refractivity contribution in [2.24, 2.45) is 0 Å². The molecule has 0 saturated carbocycles. The second-order valence-electron chi connectivity index (χ2n) is 2.97. The molecule has 0 aromatic heterocycles. The summed E-state index contributed by atoms with van der Waals surface area (Å²) in [5.41, 5.74) is -0.275. The highest BCUT2D eigenvalue weighted by molar-refractivity contribution is 5.52. The smallest absolute Gasteiger partial charge is 0.287 e. The number of nitriles is 1. The SMILES string of the molecule is N#Cc1cc(OCCCO)ccc1[N+](=O)[O-]. The van der Waals surface area contributed by atoms with Crippen LogP contribution < -0.4 is 4.74 Å². The summed E-state index contributed by atoms with van der Waals surface area (Å²) in [6, 6.07) is 5.71. The van der Waals surface area contributed by atoms with E-state index in [1.165, 1.54) is 18.2 Å². The molecular weight excluding hydrogens is 212 g/mol. The van der Waals surface area contributed by atoms with Crippen molar-refractivity contribution in [3.05, 3.63) is 33.9 Å². The van der Waals surface area contributed by atoms with Crippen molar-refractivity contribution in [2.45, 2.75) is 6.42 Å². The van der Waals surface area contributed by atoms with E-state index in [9.17, 15) is 10.1 Å². The molecule has 6 heteroatoms. The lowest BCUT2D eigenvalue weighted by Gasteiger charge is -2.04. The zero-order valence-corrected chi connectivity index (χ0v) is 8.42. The summed E-state index contributed by atoms with van der Waals surface area (Å²) in [5, 5.41) is 27.8. The van der Waals surface area contributed by atoms with E-state index in [4.69, 9.17) is 15.1 Å². The summed E-state index contributed by atoms with van der Waals surface area (Å²) in [7, 11) is 0. The summed E-state index contributed by atoms with van der Waals surface area (Å²) in [6.07, 6.45) is 0.471. The minimum absolute atomic E-state index is 0.0120. The first-order valence-corrected chi connectivity index (χ1v) is 4.61. The lowest BCUT2D eigenvalue weighted by molar-refractivity contribution is -0.385. The number of rotatable bonds is 5. The highest BCUT2D eigenvalue weighted by Crippen LogP contribution is 2.23. The molecule has 0 saturated heterocycles. The molecule has 84 valence electrons. The minimum atomic E-state index is -0.615. The van der Waals surface area contributed by atoms with Gasteiger partial charge in [0.2, 0.25) is 0 Å². The van der Waals surface area contributed by atoms with Crippen LogP contribution in [0.15, 0.2) is 18.2 Å². The number of hydrogen-bond acceptors (Lipinski definition) is 5. The monoisotopic (exact) mass is 222 g/mol. The van der Waals surface area contributed by atoms with Crippen molar-refractivity contribution in [3.63, 3.8) is 0 Å². The summed E-state index contributed by atoms with van der Waals surface area (Å²) in [6.45, 7) is 0.317. The van der Waals surface area contributed by atoms with E-state index in [0.29, 0.717) is 18.8 Å². The van der Waals surface area contributed by atoms with E-state index in [0.717, 1.165) is 0 Å². The maximum Gasteiger partial charge on any atom is 0.287 e. The predicted octanol–water partition coefficient (Wildman–Crippen LogP) is 1.23. The van der Waals surface area contributed by atoms with Gasteiger partial charge in [-0.25, -0.2) is 0 Å². The van der Waals surface area contributed by atoms with Gasteiger partial charge in [0.05, 0.1) is 11.5 Å². The molecule has 0 bridgehead atoms. The Morgan fingerprint density at radius 2 is 2.31 bits per heavy atom. The number of benzene rings is 1. The average molecular weight is 222 g/mol. The zero-order chi connectivity index (χ0) is 12.0. The quantitative estimate of drug-likeness (QED) is 0.459. The van der Waals surface area contributed by atoms with Crippen molar-refractivity contribution in [3.8, 4) is 11.8 Å². The molecule has 6 nitrogen and oxygen atoms in total. The van der Waals surface area contributed by atoms with Gasteiger partial charge in [-0.2, -0.15) is 5.26 Å². The van der Waals surface area contributed by atoms with Crippen LogP contribution in [0.5, 0.6) is 5.75 Å². The Balaban J connectivity index is 2.84. The fourth-order valence-electron chi connectivity index (χ4n) is 1.11. The van der Waals surface area contributed by atoms with E-state index >= 15 is 0 Å². The van der Waals surface area contributed by atoms with Crippen molar-refractivity contribution in [1.82, 2.24) is 0 Å². The molecule has 16 heavy (non-hydrogen) atoms. The molecule has 1 aromatic carbocycles. The van der Waals surface area contributed by atoms with Gasteiger partial charge in [-0.1, -0.05) is 0 Å². The van der Waals surface area contributed by atoms with Crippen LogP contribution in [0.4, 0.5) is 5.69 Å². The van der Waals surface area contributed by atoms with Crippen LogP contribution >= 0.6 is 0 Å². The van der Waals surface area contributed by atoms with Crippen LogP contribution in [0.1, 0.15) is 12.0 Å². The van der Waals surface area contributed by atoms with E-state index < -0.39 is 4.92 Å². The molecule has 0 aliphatic heterocycles. The summed E-state index contributed by atoms with van der Waals surface area (Å²) in [5.74, 6) is 0.385. The first-order chi connectivity index (χ1) is 7.69. The minimum Gasteiger partial charge on any atom is -0.493 e. The normalized spacial score (nSPS) is 9.50. The van der Waals surface area contributed by atoms with Crippen molar-refractivity contribution < 1.29 is 14.8 Å². The van der Waals surface area contributed by atoms with E-state index in [1.54, 1.807) is 6.07 Å². The molecule has 0 aliphatic rings. The zero-order valence-electron chi connectivity index (χ0n) is 8.42. The average Bonchev–Trinajstić information content (AvgIpc) is 2.29. The molecule has 1 rings (SSSR count). The number of aliphatic hydroxyl groups excluding tert-OH is 1. The Labute approximate surface area is 91.8 Å². The third kappa shape index (κ3) is 2.93. The first-order valence-electron chi connectivity index (χ1n) is 4.61. The standard InChI is InChI=1S/C10H10N2O4/c11-7-8-6-9(16-5-1-4-13)2-3-10(8)12(14)15/h2-3,6,13H,1,4-5H2. The number of nitro benzene ring substituents is 1. The van der Waals surface area contributed by atoms with Crippen molar-refractivity contribution >= 4 is 5.69 Å². The Bertz CT molecular complexity index is 425. The Morgan fingerprint density at radius 3 is 2.88 bits per heavy atom. The van der Waals surface area contributed by atoms with Crippen molar-refractivity contribution in [2.75, 3.05) is 13.2 Å². The third-order valence-electron chi connectivity index (χ3n) is 1.86. The predicted molar refractivity (Wildman–Crippen MR) is 55.0 cm³/mol. The van der Waals surface area contributed by atoms with Gasteiger partial charge < -0.3 is 9.84 Å². The molecule has 0 atom stereocenters. The fraction of sp³-hybridized carbons (Fsp3) is 0.300. The first kappa shape index (κ1) is 11.9. The molecule has 0 aliphatic carbocycles. The number of nitrogens with zero attached hydrogens (tertiary/aromatic N) is 2. The van der Waals surface area contributed by atoms with Gasteiger partial charge in [0.15, 0.2) is 0 Å². The van der Waals surface area contributed by atoms with E-state index in [2.05, 4.69) is 0 Å². The molecule has 1 N–H and O–H groups in total. The maximum absolute atomic E-state index is 10.5. The molecule has 0 unspecified atom stereocenters. The molecule has 0 heterocycles. The lowest BCUT2D eigenvalue weighted by atomic mass is 10.2. The van der Waals surface area contributed by atoms with Gasteiger partial charge in [-0.05, 0) is 6.07 Å². The molecule has 0 fully saturated rings. The van der Waals surface area contributed by atoms with Gasteiger partial charge in [0, 0.05) is 25.2 Å². The van der Waals surface area contributed by atoms with Crippen molar-refractivity contribution in [1.29, 1.82) is 5.26 Å². The van der Waals surface area contributed by atoms with Gasteiger partial charge in [0.25, 0.3) is 5.69 Å². The lowest BCUT2D eigenvalue weighted by Crippen LogP contribution is -2.00. The largest absolute Gasteiger partial charge is 0.493 e. The highest BCUT2D eigenvalue weighted by atomic mass is 16.6. The third-order valence-corrected chi connectivity index (χ3v) is 1.86. The molecular formula is C10H10N2O4. The van der Waals surface area contributed by atoms with E-state index in [-0.39, 0.29) is 17.9 Å². The van der Waals surface area contributed by atoms with Crippen LogP contribution in [0.3, 0.4) is 0 Å². The molecule has 0 radical (unpaired) electrons. The number of ether oxygens (including phenoxy) is 1. The van der Waals surface area contributed by atoms with Crippen LogP contribution in [0.25, 0.3) is 0 Å². The van der Waals surface area contributed by atoms with Gasteiger partial charge >= 0.3 is 0 Å². The summed E-state index contributed by atoms with van der Waals surface area (Å²) in [4.78, 5) is 9.92. The summed E-state index contributed by atoms with van der Waals surface area (Å²) >= 11 is 0. The molecule has 0 spiro atoms. The summed E-state index contributed by atoms with van der Waals surface area (Å²) < 4.78 is 5.19. The Hall–Kier alpha value is -2.13. The van der Waals surface area contributed by atoms with Gasteiger partial charge in [-0.3, -0.25) is 10.1 Å². The van der Waals surface area contributed by atoms with Gasteiger partial charge in [-0.15, -0.1) is 0 Å². The Kier molecular flexibility index (Phi) is 4.24. The second kappa shape index (κ2) is 5.68. The maximum atomic E-state index is 10.5. The second-order valence-corrected chi connectivity index (χ2v) is 2.97. The van der Waals surface area contributed by atoms with Crippen LogP contribution in [-0.2, 0) is 0 Å². The number of nitro groups is 1. The van der Waals surface area contributed by atoms with Gasteiger partial charge in [0.1, 0.15) is 17.4 Å². The van der Waals surface area contributed by atoms with Crippen LogP contribution in [0.2, 0.25) is 0 Å². The Morgan fingerprint density at radius 1 is 1.56 bits per heavy atom. The van der Waals surface area contributed by atoms with E-state index in [1.807, 2.05) is 0 Å². The number of aliphatic hydroxyl groups is 1. The molecule has 0 amide bonds. The fourth-order valence-corrected chi connectivity index (χ4v) is 1.11. The van der Waals surface area contributed by atoms with Crippen LogP contribution in [0, 0.1) is 21.4 Å².